The van der Waals surface area contributed by atoms with E-state index >= 15 is 0 Å². The molecule has 84 valence electrons. The number of piperazine rings is 1. The van der Waals surface area contributed by atoms with Crippen molar-refractivity contribution in [1.29, 1.82) is 0 Å². The highest BCUT2D eigenvalue weighted by molar-refractivity contribution is 5.97. The van der Waals surface area contributed by atoms with Crippen molar-refractivity contribution in [1.82, 2.24) is 16.0 Å². The van der Waals surface area contributed by atoms with Crippen LogP contribution in [0.25, 0.3) is 0 Å². The van der Waals surface area contributed by atoms with Crippen molar-refractivity contribution < 1.29 is 9.59 Å². The molecule has 0 bridgehead atoms. The second-order valence-corrected chi connectivity index (χ2v) is 3.52. The first-order chi connectivity index (χ1) is 7.77. The van der Waals surface area contributed by atoms with Gasteiger partial charge in [0, 0.05) is 18.7 Å². The monoisotopic (exact) mass is 219 g/mol. The van der Waals surface area contributed by atoms with Crippen molar-refractivity contribution in [3.05, 3.63) is 35.9 Å². The fraction of sp³-hybridized carbons (Fsp3) is 0.273. The molecule has 0 aromatic heterocycles. The minimum absolute atomic E-state index is 0.199. The van der Waals surface area contributed by atoms with Gasteiger partial charge in [0.15, 0.2) is 6.17 Å². The lowest BCUT2D eigenvalue weighted by molar-refractivity contribution is -0.124. The Labute approximate surface area is 93.2 Å². The fourth-order valence-corrected chi connectivity index (χ4v) is 1.52. The first-order valence-electron chi connectivity index (χ1n) is 5.14. The maximum atomic E-state index is 11.7. The predicted octanol–water partition coefficient (Wildman–Crippen LogP) is -0.538. The van der Waals surface area contributed by atoms with Crippen LogP contribution in [-0.2, 0) is 4.79 Å². The minimum Gasteiger partial charge on any atom is -0.352 e. The Kier molecular flexibility index (Phi) is 3.16. The molecule has 1 aliphatic rings. The summed E-state index contributed by atoms with van der Waals surface area (Å²) in [5.74, 6) is -0.453. The third-order valence-electron chi connectivity index (χ3n) is 2.35. The van der Waals surface area contributed by atoms with Crippen LogP contribution in [0.5, 0.6) is 0 Å². The average Bonchev–Trinajstić information content (AvgIpc) is 2.33. The number of hydrogen-bond acceptors (Lipinski definition) is 3. The predicted molar refractivity (Wildman–Crippen MR) is 58.7 cm³/mol. The zero-order valence-corrected chi connectivity index (χ0v) is 8.69. The standard InChI is InChI=1S/C11H13N3O2/c15-10(8-4-2-1-3-5-8)14-9-11(16)13-7-6-12-9/h1-5,9,12H,6-7H2,(H,13,16)(H,14,15). The molecule has 1 aromatic rings. The molecule has 1 atom stereocenters. The molecule has 2 rings (SSSR count). The highest BCUT2D eigenvalue weighted by Gasteiger charge is 2.23. The molecule has 1 heterocycles. The highest BCUT2D eigenvalue weighted by Crippen LogP contribution is 1.98. The minimum atomic E-state index is -0.638. The smallest absolute Gasteiger partial charge is 0.257 e. The molecule has 1 saturated heterocycles. The summed E-state index contributed by atoms with van der Waals surface area (Å²) in [7, 11) is 0. The second-order valence-electron chi connectivity index (χ2n) is 3.52. The summed E-state index contributed by atoms with van der Waals surface area (Å²) >= 11 is 0. The molecule has 2 amide bonds. The highest BCUT2D eigenvalue weighted by atomic mass is 16.2. The van der Waals surface area contributed by atoms with Gasteiger partial charge in [0.25, 0.3) is 11.8 Å². The van der Waals surface area contributed by atoms with Gasteiger partial charge in [0.05, 0.1) is 0 Å². The topological polar surface area (TPSA) is 70.2 Å². The van der Waals surface area contributed by atoms with Crippen molar-refractivity contribution in [3.8, 4) is 0 Å². The SMILES string of the molecule is O=C(NC1NCCNC1=O)c1ccccc1. The van der Waals surface area contributed by atoms with Gasteiger partial charge in [-0.05, 0) is 12.1 Å². The molecule has 3 N–H and O–H groups in total. The molecule has 0 spiro atoms. The van der Waals surface area contributed by atoms with Crippen LogP contribution < -0.4 is 16.0 Å². The number of hydrogen-bond donors (Lipinski definition) is 3. The largest absolute Gasteiger partial charge is 0.352 e. The zero-order valence-electron chi connectivity index (χ0n) is 8.69. The first kappa shape index (κ1) is 10.6. The quantitative estimate of drug-likeness (QED) is 0.625. The van der Waals surface area contributed by atoms with Crippen LogP contribution in [0.3, 0.4) is 0 Å². The normalized spacial score (nSPS) is 20.0. The van der Waals surface area contributed by atoms with Gasteiger partial charge in [-0.25, -0.2) is 0 Å². The number of amides is 2. The lowest BCUT2D eigenvalue weighted by Gasteiger charge is -2.24. The average molecular weight is 219 g/mol. The summed E-state index contributed by atoms with van der Waals surface area (Å²) < 4.78 is 0. The molecule has 1 unspecified atom stereocenters. The summed E-state index contributed by atoms with van der Waals surface area (Å²) in [5.41, 5.74) is 0.544. The number of carbonyl (C=O) groups is 2. The van der Waals surface area contributed by atoms with Crippen LogP contribution in [0.2, 0.25) is 0 Å². The fourth-order valence-electron chi connectivity index (χ4n) is 1.52. The van der Waals surface area contributed by atoms with Gasteiger partial charge in [0.2, 0.25) is 0 Å². The third kappa shape index (κ3) is 2.38. The lowest BCUT2D eigenvalue weighted by Crippen LogP contribution is -2.60. The van der Waals surface area contributed by atoms with Gasteiger partial charge >= 0.3 is 0 Å². The van der Waals surface area contributed by atoms with Gasteiger partial charge < -0.3 is 10.6 Å². The molecular formula is C11H13N3O2. The van der Waals surface area contributed by atoms with E-state index in [0.717, 1.165) is 0 Å². The Morgan fingerprint density at radius 1 is 1.25 bits per heavy atom. The van der Waals surface area contributed by atoms with Crippen LogP contribution in [-0.4, -0.2) is 31.1 Å². The van der Waals surface area contributed by atoms with E-state index in [-0.39, 0.29) is 11.8 Å². The van der Waals surface area contributed by atoms with E-state index < -0.39 is 6.17 Å². The zero-order chi connectivity index (χ0) is 11.4. The van der Waals surface area contributed by atoms with Crippen LogP contribution in [0, 0.1) is 0 Å². The van der Waals surface area contributed by atoms with Gasteiger partial charge in [-0.1, -0.05) is 18.2 Å². The maximum Gasteiger partial charge on any atom is 0.257 e. The van der Waals surface area contributed by atoms with E-state index in [1.54, 1.807) is 24.3 Å². The molecule has 1 aromatic carbocycles. The number of rotatable bonds is 2. The van der Waals surface area contributed by atoms with Crippen molar-refractivity contribution >= 4 is 11.8 Å². The first-order valence-corrected chi connectivity index (χ1v) is 5.14. The van der Waals surface area contributed by atoms with E-state index in [9.17, 15) is 9.59 Å². The lowest BCUT2D eigenvalue weighted by atomic mass is 10.2. The van der Waals surface area contributed by atoms with Crippen molar-refractivity contribution in [2.45, 2.75) is 6.17 Å². The molecule has 16 heavy (non-hydrogen) atoms. The number of carbonyl (C=O) groups excluding carboxylic acids is 2. The summed E-state index contributed by atoms with van der Waals surface area (Å²) in [6.07, 6.45) is -0.638. The number of benzene rings is 1. The Hall–Kier alpha value is -1.88. The Balaban J connectivity index is 1.99. The van der Waals surface area contributed by atoms with Crippen molar-refractivity contribution in [2.75, 3.05) is 13.1 Å². The summed E-state index contributed by atoms with van der Waals surface area (Å²) in [6.45, 7) is 1.25. The molecule has 1 fully saturated rings. The van der Waals surface area contributed by atoms with Crippen molar-refractivity contribution in [2.24, 2.45) is 0 Å². The van der Waals surface area contributed by atoms with E-state index in [0.29, 0.717) is 18.7 Å². The van der Waals surface area contributed by atoms with Gasteiger partial charge in [-0.3, -0.25) is 14.9 Å². The molecule has 0 radical (unpaired) electrons. The molecule has 1 aliphatic heterocycles. The Morgan fingerprint density at radius 3 is 2.69 bits per heavy atom. The Bertz CT molecular complexity index is 391. The molecular weight excluding hydrogens is 206 g/mol. The van der Waals surface area contributed by atoms with Crippen LogP contribution in [0.15, 0.2) is 30.3 Å². The van der Waals surface area contributed by atoms with Crippen LogP contribution in [0.1, 0.15) is 10.4 Å². The van der Waals surface area contributed by atoms with Gasteiger partial charge in [-0.15, -0.1) is 0 Å². The van der Waals surface area contributed by atoms with Crippen molar-refractivity contribution in [3.63, 3.8) is 0 Å². The van der Waals surface area contributed by atoms with E-state index in [1.165, 1.54) is 0 Å². The van der Waals surface area contributed by atoms with Crippen LogP contribution in [0.4, 0.5) is 0 Å². The summed E-state index contributed by atoms with van der Waals surface area (Å²) in [4.78, 5) is 23.1. The van der Waals surface area contributed by atoms with Gasteiger partial charge in [-0.2, -0.15) is 0 Å². The second kappa shape index (κ2) is 4.76. The summed E-state index contributed by atoms with van der Waals surface area (Å²) in [6, 6.07) is 8.81. The van der Waals surface area contributed by atoms with Gasteiger partial charge in [0.1, 0.15) is 0 Å². The number of nitrogens with one attached hydrogen (secondary N) is 3. The Morgan fingerprint density at radius 2 is 2.00 bits per heavy atom. The summed E-state index contributed by atoms with van der Waals surface area (Å²) in [5, 5.41) is 8.22. The van der Waals surface area contributed by atoms with Crippen LogP contribution >= 0.6 is 0 Å². The third-order valence-corrected chi connectivity index (χ3v) is 2.35. The molecule has 0 aliphatic carbocycles. The van der Waals surface area contributed by atoms with E-state index in [2.05, 4.69) is 16.0 Å². The van der Waals surface area contributed by atoms with E-state index in [4.69, 9.17) is 0 Å². The molecule has 5 heteroatoms. The van der Waals surface area contributed by atoms with E-state index in [1.807, 2.05) is 6.07 Å². The molecule has 5 nitrogen and oxygen atoms in total. The molecule has 0 saturated carbocycles. The maximum absolute atomic E-state index is 11.7.